The molecule has 9 heteroatoms. The number of benzene rings is 2. The predicted octanol–water partition coefficient (Wildman–Crippen LogP) is 2.32. The zero-order valence-corrected chi connectivity index (χ0v) is 15.5. The van der Waals surface area contributed by atoms with E-state index < -0.39 is 10.0 Å². The smallest absolute Gasteiger partial charge is 0.238 e. The van der Waals surface area contributed by atoms with Gasteiger partial charge in [-0.15, -0.1) is 0 Å². The van der Waals surface area contributed by atoms with Crippen molar-refractivity contribution in [3.05, 3.63) is 54.2 Å². The molecule has 0 atom stereocenters. The van der Waals surface area contributed by atoms with E-state index >= 15 is 0 Å². The zero-order chi connectivity index (χ0) is 18.7. The lowest BCUT2D eigenvalue weighted by Gasteiger charge is -2.10. The fourth-order valence-electron chi connectivity index (χ4n) is 2.25. The van der Waals surface area contributed by atoms with Gasteiger partial charge in [0.2, 0.25) is 15.9 Å². The Bertz CT molecular complexity index is 1080. The molecule has 0 saturated heterocycles. The Balaban J connectivity index is 1.69. The van der Waals surface area contributed by atoms with Crippen molar-refractivity contribution >= 4 is 44.4 Å². The summed E-state index contributed by atoms with van der Waals surface area (Å²) in [6, 6.07) is 11.8. The number of carbonyl (C=O) groups is 1. The van der Waals surface area contributed by atoms with E-state index in [2.05, 4.69) is 15.3 Å². The lowest BCUT2D eigenvalue weighted by Crippen LogP contribution is -2.17. The summed E-state index contributed by atoms with van der Waals surface area (Å²) in [6.45, 7) is 1.77. The monoisotopic (exact) mass is 388 g/mol. The molecule has 0 fully saturated rings. The summed E-state index contributed by atoms with van der Waals surface area (Å²) < 4.78 is 22.9. The van der Waals surface area contributed by atoms with Crippen LogP contribution in [-0.4, -0.2) is 30.0 Å². The number of carbonyl (C=O) groups excluding carboxylic acids is 1. The molecule has 1 amide bonds. The van der Waals surface area contributed by atoms with Crippen molar-refractivity contribution in [3.8, 4) is 0 Å². The third-order valence-corrected chi connectivity index (χ3v) is 5.40. The Labute approximate surface area is 155 Å². The number of amides is 1. The molecular weight excluding hydrogens is 372 g/mol. The van der Waals surface area contributed by atoms with Crippen molar-refractivity contribution in [3.63, 3.8) is 0 Å². The second-order valence-electron chi connectivity index (χ2n) is 5.56. The van der Waals surface area contributed by atoms with Crippen molar-refractivity contribution in [2.75, 3.05) is 11.1 Å². The molecule has 3 rings (SSSR count). The Hall–Kier alpha value is -2.49. The highest BCUT2D eigenvalue weighted by atomic mass is 32.2. The predicted molar refractivity (Wildman–Crippen MR) is 101 cm³/mol. The molecule has 26 heavy (non-hydrogen) atoms. The second-order valence-corrected chi connectivity index (χ2v) is 8.11. The quantitative estimate of drug-likeness (QED) is 0.648. The first-order chi connectivity index (χ1) is 12.3. The second kappa shape index (κ2) is 7.40. The van der Waals surface area contributed by atoms with E-state index in [-0.39, 0.29) is 16.6 Å². The summed E-state index contributed by atoms with van der Waals surface area (Å²) in [5.74, 6) is -0.161. The number of aromatic nitrogens is 2. The van der Waals surface area contributed by atoms with E-state index in [4.69, 9.17) is 5.14 Å². The van der Waals surface area contributed by atoms with E-state index in [0.29, 0.717) is 10.7 Å². The minimum absolute atomic E-state index is 0.0496. The van der Waals surface area contributed by atoms with Crippen LogP contribution in [0.4, 0.5) is 5.69 Å². The van der Waals surface area contributed by atoms with Crippen LogP contribution in [0.1, 0.15) is 5.56 Å². The highest BCUT2D eigenvalue weighted by Gasteiger charge is 2.12. The van der Waals surface area contributed by atoms with E-state index in [1.54, 1.807) is 19.2 Å². The lowest BCUT2D eigenvalue weighted by atomic mass is 10.2. The first-order valence-corrected chi connectivity index (χ1v) is 10.1. The van der Waals surface area contributed by atoms with Crippen LogP contribution in [0.15, 0.2) is 58.6 Å². The molecule has 0 saturated carbocycles. The minimum Gasteiger partial charge on any atom is -0.325 e. The molecular formula is C17H16N4O3S2. The van der Waals surface area contributed by atoms with Gasteiger partial charge in [-0.25, -0.2) is 18.5 Å². The summed E-state index contributed by atoms with van der Waals surface area (Å²) in [6.07, 6.45) is 1.62. The Morgan fingerprint density at radius 1 is 1.19 bits per heavy atom. The fourth-order valence-corrected chi connectivity index (χ4v) is 3.43. The number of rotatable bonds is 5. The number of fused-ring (bicyclic) bond motifs is 1. The van der Waals surface area contributed by atoms with Crippen LogP contribution >= 0.6 is 11.8 Å². The molecule has 0 aliphatic rings. The van der Waals surface area contributed by atoms with Crippen LogP contribution in [0.3, 0.4) is 0 Å². The maximum atomic E-state index is 12.2. The van der Waals surface area contributed by atoms with Gasteiger partial charge in [0.05, 0.1) is 27.9 Å². The number of primary sulfonamides is 1. The van der Waals surface area contributed by atoms with Gasteiger partial charge in [-0.05, 0) is 36.8 Å². The van der Waals surface area contributed by atoms with Crippen LogP contribution in [0.25, 0.3) is 11.0 Å². The molecule has 0 aliphatic carbocycles. The molecule has 0 unspecified atom stereocenters. The van der Waals surface area contributed by atoms with Crippen molar-refractivity contribution in [2.45, 2.75) is 16.8 Å². The van der Waals surface area contributed by atoms with Crippen molar-refractivity contribution < 1.29 is 13.2 Å². The third kappa shape index (κ3) is 4.37. The summed E-state index contributed by atoms with van der Waals surface area (Å²) in [4.78, 5) is 20.9. The van der Waals surface area contributed by atoms with E-state index in [1.807, 2.05) is 24.3 Å². The van der Waals surface area contributed by atoms with Gasteiger partial charge >= 0.3 is 0 Å². The van der Waals surface area contributed by atoms with Crippen LogP contribution in [0.2, 0.25) is 0 Å². The molecule has 3 aromatic rings. The number of para-hydroxylation sites is 2. The number of anilines is 1. The average molecular weight is 388 g/mol. The Morgan fingerprint density at radius 2 is 1.92 bits per heavy atom. The minimum atomic E-state index is -3.83. The first-order valence-electron chi connectivity index (χ1n) is 7.61. The van der Waals surface area contributed by atoms with Gasteiger partial charge in [0, 0.05) is 5.69 Å². The SMILES string of the molecule is Cc1ccc(S(N)(=O)=O)cc1NC(=O)CSc1cnc2ccccc2n1. The molecule has 7 nitrogen and oxygen atoms in total. The number of nitrogens with two attached hydrogens (primary N) is 1. The largest absolute Gasteiger partial charge is 0.325 e. The van der Waals surface area contributed by atoms with Gasteiger partial charge in [0.15, 0.2) is 0 Å². The van der Waals surface area contributed by atoms with Gasteiger partial charge in [0.1, 0.15) is 5.03 Å². The molecule has 0 aliphatic heterocycles. The lowest BCUT2D eigenvalue weighted by molar-refractivity contribution is -0.113. The molecule has 2 aromatic carbocycles. The summed E-state index contributed by atoms with van der Waals surface area (Å²) in [5, 5.41) is 8.46. The molecule has 1 aromatic heterocycles. The number of thioether (sulfide) groups is 1. The number of hydrogen-bond acceptors (Lipinski definition) is 6. The summed E-state index contributed by atoms with van der Waals surface area (Å²) in [7, 11) is -3.83. The van der Waals surface area contributed by atoms with Crippen molar-refractivity contribution in [2.24, 2.45) is 5.14 Å². The van der Waals surface area contributed by atoms with Crippen LogP contribution < -0.4 is 10.5 Å². The highest BCUT2D eigenvalue weighted by Crippen LogP contribution is 2.21. The number of sulfonamides is 1. The summed E-state index contributed by atoms with van der Waals surface area (Å²) >= 11 is 1.25. The fraction of sp³-hybridized carbons (Fsp3) is 0.118. The number of nitrogens with zero attached hydrogens (tertiary/aromatic N) is 2. The van der Waals surface area contributed by atoms with Gasteiger partial charge < -0.3 is 5.32 Å². The van der Waals surface area contributed by atoms with Gasteiger partial charge in [-0.2, -0.15) is 0 Å². The highest BCUT2D eigenvalue weighted by molar-refractivity contribution is 7.99. The third-order valence-electron chi connectivity index (χ3n) is 3.59. The molecule has 0 radical (unpaired) electrons. The van der Waals surface area contributed by atoms with Crippen LogP contribution in [-0.2, 0) is 14.8 Å². The molecule has 1 heterocycles. The first kappa shape index (κ1) is 18.3. The molecule has 134 valence electrons. The zero-order valence-electron chi connectivity index (χ0n) is 13.8. The maximum Gasteiger partial charge on any atom is 0.238 e. The number of nitrogens with one attached hydrogen (secondary N) is 1. The maximum absolute atomic E-state index is 12.2. The number of hydrogen-bond donors (Lipinski definition) is 2. The van der Waals surface area contributed by atoms with E-state index in [0.717, 1.165) is 16.6 Å². The van der Waals surface area contributed by atoms with E-state index in [9.17, 15) is 13.2 Å². The van der Waals surface area contributed by atoms with Crippen LogP contribution in [0, 0.1) is 6.92 Å². The molecule has 0 spiro atoms. The summed E-state index contributed by atoms with van der Waals surface area (Å²) in [5.41, 5.74) is 2.69. The van der Waals surface area contributed by atoms with Crippen molar-refractivity contribution in [1.29, 1.82) is 0 Å². The Morgan fingerprint density at radius 3 is 2.65 bits per heavy atom. The number of aryl methyl sites for hydroxylation is 1. The molecule has 0 bridgehead atoms. The Kier molecular flexibility index (Phi) is 5.21. The normalized spacial score (nSPS) is 11.5. The van der Waals surface area contributed by atoms with Crippen molar-refractivity contribution in [1.82, 2.24) is 9.97 Å². The standard InChI is InChI=1S/C17H16N4O3S2/c1-11-6-7-12(26(18,23)24)8-15(11)20-16(22)10-25-17-9-19-13-4-2-3-5-14(13)21-17/h2-9H,10H2,1H3,(H,20,22)(H2,18,23,24). The van der Waals surface area contributed by atoms with Gasteiger partial charge in [0.25, 0.3) is 0 Å². The average Bonchev–Trinajstić information content (AvgIpc) is 2.60. The molecule has 3 N–H and O–H groups in total. The van der Waals surface area contributed by atoms with Gasteiger partial charge in [-0.3, -0.25) is 9.78 Å². The van der Waals surface area contributed by atoms with Gasteiger partial charge in [-0.1, -0.05) is 30.0 Å². The van der Waals surface area contributed by atoms with E-state index in [1.165, 1.54) is 23.9 Å². The van der Waals surface area contributed by atoms with Crippen LogP contribution in [0.5, 0.6) is 0 Å². The topological polar surface area (TPSA) is 115 Å².